The van der Waals surface area contributed by atoms with Crippen LogP contribution in [0.1, 0.15) is 12.5 Å². The van der Waals surface area contributed by atoms with Gasteiger partial charge in [-0.05, 0) is 12.5 Å². The van der Waals surface area contributed by atoms with Gasteiger partial charge in [0.2, 0.25) is 15.9 Å². The second-order valence-electron chi connectivity index (χ2n) is 4.98. The first-order valence-corrected chi connectivity index (χ1v) is 9.10. The fourth-order valence-electron chi connectivity index (χ4n) is 1.86. The van der Waals surface area contributed by atoms with Gasteiger partial charge in [0.15, 0.2) is 0 Å². The lowest BCUT2D eigenvalue weighted by Gasteiger charge is -2.15. The number of aliphatic carboxylic acids is 1. The fourth-order valence-corrected chi connectivity index (χ4v) is 2.69. The summed E-state index contributed by atoms with van der Waals surface area (Å²) in [4.78, 5) is 23.0. The number of benzene rings is 1. The third kappa shape index (κ3) is 8.04. The Balaban J connectivity index is 2.50. The van der Waals surface area contributed by atoms with Gasteiger partial charge in [-0.3, -0.25) is 4.79 Å². The third-order valence-corrected chi connectivity index (χ3v) is 4.36. The maximum Gasteiger partial charge on any atom is 0.326 e. The Morgan fingerprint density at radius 3 is 2.50 bits per heavy atom. The molecule has 0 aliphatic heterocycles. The highest BCUT2D eigenvalue weighted by Crippen LogP contribution is 2.03. The fraction of sp³-hybridized carbons (Fsp3) is 0.467. The summed E-state index contributed by atoms with van der Waals surface area (Å²) in [6.45, 7) is 1.65. The Labute approximate surface area is 141 Å². The van der Waals surface area contributed by atoms with Crippen molar-refractivity contribution < 1.29 is 27.9 Å². The van der Waals surface area contributed by atoms with Crippen LogP contribution in [-0.4, -0.2) is 57.0 Å². The number of hydrogen-bond donors (Lipinski definition) is 3. The van der Waals surface area contributed by atoms with E-state index in [-0.39, 0.29) is 18.8 Å². The first-order valence-electron chi connectivity index (χ1n) is 7.45. The number of nitrogens with one attached hydrogen (secondary N) is 2. The summed E-state index contributed by atoms with van der Waals surface area (Å²) in [6, 6.07) is 7.70. The van der Waals surface area contributed by atoms with Crippen LogP contribution in [-0.2, 0) is 30.8 Å². The molecule has 0 fully saturated rings. The molecule has 3 N–H and O–H groups in total. The molecular weight excluding hydrogens is 336 g/mol. The number of hydrogen-bond acceptors (Lipinski definition) is 5. The van der Waals surface area contributed by atoms with E-state index in [9.17, 15) is 23.1 Å². The molecule has 0 aliphatic rings. The molecule has 0 spiro atoms. The lowest BCUT2D eigenvalue weighted by atomic mass is 10.1. The van der Waals surface area contributed by atoms with Crippen LogP contribution in [0.5, 0.6) is 0 Å². The molecule has 1 aromatic rings. The second-order valence-corrected chi connectivity index (χ2v) is 6.91. The lowest BCUT2D eigenvalue weighted by Crippen LogP contribution is -2.47. The van der Waals surface area contributed by atoms with Crippen LogP contribution in [0.2, 0.25) is 0 Å². The summed E-state index contributed by atoms with van der Waals surface area (Å²) >= 11 is 0. The number of carboxylic acid groups (broad SMARTS) is 1. The van der Waals surface area contributed by atoms with Gasteiger partial charge in [-0.15, -0.1) is 0 Å². The molecule has 1 atom stereocenters. The molecule has 0 unspecified atom stereocenters. The molecule has 8 nitrogen and oxygen atoms in total. The number of amides is 1. The Bertz CT molecular complexity index is 633. The highest BCUT2D eigenvalue weighted by Gasteiger charge is 2.21. The normalized spacial score (nSPS) is 12.5. The first-order chi connectivity index (χ1) is 11.3. The van der Waals surface area contributed by atoms with E-state index in [1.807, 2.05) is 0 Å². The van der Waals surface area contributed by atoms with Crippen LogP contribution in [0.15, 0.2) is 30.3 Å². The molecule has 1 amide bonds. The zero-order valence-electron chi connectivity index (χ0n) is 13.4. The van der Waals surface area contributed by atoms with Gasteiger partial charge in [0.1, 0.15) is 6.04 Å². The van der Waals surface area contributed by atoms with Crippen LogP contribution < -0.4 is 10.0 Å². The molecule has 1 aromatic carbocycles. The van der Waals surface area contributed by atoms with Crippen molar-refractivity contribution in [3.63, 3.8) is 0 Å². The molecule has 24 heavy (non-hydrogen) atoms. The van der Waals surface area contributed by atoms with Crippen molar-refractivity contribution in [3.05, 3.63) is 35.9 Å². The molecule has 0 saturated heterocycles. The molecule has 0 radical (unpaired) electrons. The van der Waals surface area contributed by atoms with Crippen LogP contribution in [0.3, 0.4) is 0 Å². The molecular formula is C15H22N2O6S. The summed E-state index contributed by atoms with van der Waals surface area (Å²) in [6.07, 6.45) is 0.110. The van der Waals surface area contributed by atoms with Gasteiger partial charge in [-0.25, -0.2) is 17.9 Å². The van der Waals surface area contributed by atoms with E-state index in [4.69, 9.17) is 4.74 Å². The van der Waals surface area contributed by atoms with Gasteiger partial charge in [-0.2, -0.15) is 0 Å². The largest absolute Gasteiger partial charge is 0.480 e. The number of carbonyl (C=O) groups excluding carboxylic acids is 1. The van der Waals surface area contributed by atoms with Crippen molar-refractivity contribution >= 4 is 21.9 Å². The molecule has 9 heteroatoms. The Morgan fingerprint density at radius 2 is 1.92 bits per heavy atom. The van der Waals surface area contributed by atoms with Gasteiger partial charge in [0.25, 0.3) is 0 Å². The van der Waals surface area contributed by atoms with Crippen molar-refractivity contribution in [2.45, 2.75) is 19.4 Å². The van der Waals surface area contributed by atoms with Crippen LogP contribution >= 0.6 is 0 Å². The van der Waals surface area contributed by atoms with Crippen molar-refractivity contribution in [2.24, 2.45) is 0 Å². The van der Waals surface area contributed by atoms with Gasteiger partial charge in [0, 0.05) is 13.0 Å². The van der Waals surface area contributed by atoms with E-state index in [0.717, 1.165) is 5.56 Å². The predicted molar refractivity (Wildman–Crippen MR) is 88.0 cm³/mol. The Morgan fingerprint density at radius 1 is 1.25 bits per heavy atom. The summed E-state index contributed by atoms with van der Waals surface area (Å²) in [5.74, 6) is -2.16. The summed E-state index contributed by atoms with van der Waals surface area (Å²) in [5.41, 5.74) is 0.752. The highest BCUT2D eigenvalue weighted by molar-refractivity contribution is 7.89. The van der Waals surface area contributed by atoms with Crippen LogP contribution in [0.25, 0.3) is 0 Å². The van der Waals surface area contributed by atoms with E-state index in [1.165, 1.54) is 0 Å². The van der Waals surface area contributed by atoms with Crippen molar-refractivity contribution in [1.82, 2.24) is 10.0 Å². The van der Waals surface area contributed by atoms with Crippen molar-refractivity contribution in [2.75, 3.05) is 25.5 Å². The number of rotatable bonds is 11. The molecule has 0 heterocycles. The maximum atomic E-state index is 11.8. The Kier molecular flexibility index (Phi) is 8.37. The van der Waals surface area contributed by atoms with E-state index < -0.39 is 34.5 Å². The lowest BCUT2D eigenvalue weighted by molar-refractivity contribution is -0.141. The smallest absolute Gasteiger partial charge is 0.326 e. The topological polar surface area (TPSA) is 122 Å². The molecule has 0 aliphatic carbocycles. The van der Waals surface area contributed by atoms with E-state index in [1.54, 1.807) is 37.3 Å². The number of carbonyl (C=O) groups is 2. The zero-order chi connectivity index (χ0) is 18.0. The second kappa shape index (κ2) is 10.0. The molecule has 1 rings (SSSR count). The number of sulfonamides is 1. The minimum absolute atomic E-state index is 0.0270. The monoisotopic (exact) mass is 358 g/mol. The third-order valence-electron chi connectivity index (χ3n) is 3.07. The van der Waals surface area contributed by atoms with Crippen LogP contribution in [0, 0.1) is 0 Å². The van der Waals surface area contributed by atoms with E-state index in [2.05, 4.69) is 10.0 Å². The summed E-state index contributed by atoms with van der Waals surface area (Å²) in [7, 11) is -3.65. The SMILES string of the molecule is CCOCCS(=O)(=O)NCC(=O)N[C@@H](Cc1ccccc1)C(=O)O. The predicted octanol–water partition coefficient (Wildman–Crippen LogP) is -0.246. The van der Waals surface area contributed by atoms with Gasteiger partial charge >= 0.3 is 5.97 Å². The van der Waals surface area contributed by atoms with E-state index in [0.29, 0.717) is 6.61 Å². The molecule has 0 saturated carbocycles. The zero-order valence-corrected chi connectivity index (χ0v) is 14.2. The minimum atomic E-state index is -3.65. The van der Waals surface area contributed by atoms with Gasteiger partial charge < -0.3 is 15.2 Å². The van der Waals surface area contributed by atoms with Crippen LogP contribution in [0.4, 0.5) is 0 Å². The molecule has 0 aromatic heterocycles. The highest BCUT2D eigenvalue weighted by atomic mass is 32.2. The number of carboxylic acids is 1. The van der Waals surface area contributed by atoms with E-state index >= 15 is 0 Å². The van der Waals surface area contributed by atoms with Gasteiger partial charge in [-0.1, -0.05) is 30.3 Å². The molecule has 134 valence electrons. The first kappa shape index (κ1) is 20.1. The quantitative estimate of drug-likeness (QED) is 0.469. The van der Waals surface area contributed by atoms with Gasteiger partial charge in [0.05, 0.1) is 18.9 Å². The van der Waals surface area contributed by atoms with Crippen molar-refractivity contribution in [1.29, 1.82) is 0 Å². The standard InChI is InChI=1S/C15H22N2O6S/c1-2-23-8-9-24(21,22)16-11-14(18)17-13(15(19)20)10-12-6-4-3-5-7-12/h3-7,13,16H,2,8-11H2,1H3,(H,17,18)(H,19,20)/t13-/m0/s1. The van der Waals surface area contributed by atoms with Crippen molar-refractivity contribution in [3.8, 4) is 0 Å². The maximum absolute atomic E-state index is 11.8. The average molecular weight is 358 g/mol. The number of ether oxygens (including phenoxy) is 1. The summed E-state index contributed by atoms with van der Waals surface area (Å²) in [5, 5.41) is 11.5. The Hall–Kier alpha value is -1.97. The average Bonchev–Trinajstić information content (AvgIpc) is 2.53. The summed E-state index contributed by atoms with van der Waals surface area (Å²) < 4.78 is 30.3. The minimum Gasteiger partial charge on any atom is -0.480 e. The molecule has 0 bridgehead atoms.